The Balaban J connectivity index is 2.07. The van der Waals surface area contributed by atoms with Gasteiger partial charge >= 0.3 is 0 Å². The second-order valence-corrected chi connectivity index (χ2v) is 5.82. The molecule has 0 saturated heterocycles. The van der Waals surface area contributed by atoms with Gasteiger partial charge in [-0.15, -0.1) is 0 Å². The van der Waals surface area contributed by atoms with Crippen molar-refractivity contribution in [3.63, 3.8) is 0 Å². The molecule has 0 unspecified atom stereocenters. The highest BCUT2D eigenvalue weighted by Crippen LogP contribution is 2.40. The van der Waals surface area contributed by atoms with Crippen molar-refractivity contribution in [2.45, 2.75) is 46.0 Å². The molecule has 116 valence electrons. The normalized spacial score (nSPS) is 16.7. The largest absolute Gasteiger partial charge is 0.370 e. The summed E-state index contributed by atoms with van der Waals surface area (Å²) in [6, 6.07) is 1.24. The lowest BCUT2D eigenvalue weighted by atomic mass is 9.83. The van der Waals surface area contributed by atoms with Gasteiger partial charge in [0.25, 0.3) is 5.91 Å². The molecule has 0 aromatic carbocycles. The third-order valence-electron chi connectivity index (χ3n) is 4.48. The number of carbonyl (C=O) groups is 1. The average Bonchev–Trinajstić information content (AvgIpc) is 2.96. The molecule has 5 heteroatoms. The summed E-state index contributed by atoms with van der Waals surface area (Å²) in [6.07, 6.45) is 6.96. The molecule has 1 heterocycles. The molecule has 1 aliphatic carbocycles. The summed E-state index contributed by atoms with van der Waals surface area (Å²) in [5, 5.41) is 5.97. The highest BCUT2D eigenvalue weighted by Gasteiger charge is 2.32. The second-order valence-electron chi connectivity index (χ2n) is 5.82. The maximum atomic E-state index is 13.4. The summed E-state index contributed by atoms with van der Waals surface area (Å²) >= 11 is 0. The first-order valence-electron chi connectivity index (χ1n) is 7.78. The monoisotopic (exact) mass is 293 g/mol. The Morgan fingerprint density at radius 2 is 2.10 bits per heavy atom. The number of nitrogens with one attached hydrogen (secondary N) is 2. The lowest BCUT2D eigenvalue weighted by Crippen LogP contribution is -2.36. The Kier molecular flexibility index (Phi) is 5.15. The number of hydrogen-bond acceptors (Lipinski definition) is 3. The van der Waals surface area contributed by atoms with Crippen LogP contribution in [0.2, 0.25) is 0 Å². The summed E-state index contributed by atoms with van der Waals surface area (Å²) in [6.45, 7) is 5.38. The molecule has 2 rings (SSSR count). The lowest BCUT2D eigenvalue weighted by molar-refractivity contribution is 0.0929. The average molecular weight is 293 g/mol. The minimum atomic E-state index is -0.493. The minimum Gasteiger partial charge on any atom is -0.370 e. The SMILES string of the molecule is CCNc1ncc(F)cc1C(=O)NCC1(CC)CCCC1. The van der Waals surface area contributed by atoms with Crippen LogP contribution in [0.4, 0.5) is 10.2 Å². The van der Waals surface area contributed by atoms with Crippen LogP contribution < -0.4 is 10.6 Å². The highest BCUT2D eigenvalue weighted by atomic mass is 19.1. The number of pyridine rings is 1. The third kappa shape index (κ3) is 3.71. The van der Waals surface area contributed by atoms with Crippen molar-refractivity contribution in [3.05, 3.63) is 23.6 Å². The first kappa shape index (κ1) is 15.7. The van der Waals surface area contributed by atoms with E-state index in [0.717, 1.165) is 25.5 Å². The van der Waals surface area contributed by atoms with E-state index >= 15 is 0 Å². The van der Waals surface area contributed by atoms with Crippen LogP contribution in [0.15, 0.2) is 12.3 Å². The van der Waals surface area contributed by atoms with Crippen LogP contribution >= 0.6 is 0 Å². The quantitative estimate of drug-likeness (QED) is 0.845. The minimum absolute atomic E-state index is 0.217. The number of carbonyl (C=O) groups excluding carboxylic acids is 1. The van der Waals surface area contributed by atoms with Gasteiger partial charge in [0.1, 0.15) is 11.6 Å². The van der Waals surface area contributed by atoms with Crippen LogP contribution in [0.1, 0.15) is 56.3 Å². The fourth-order valence-corrected chi connectivity index (χ4v) is 3.06. The van der Waals surface area contributed by atoms with Gasteiger partial charge in [0, 0.05) is 13.1 Å². The van der Waals surface area contributed by atoms with Gasteiger partial charge < -0.3 is 10.6 Å². The maximum absolute atomic E-state index is 13.4. The van der Waals surface area contributed by atoms with Crippen LogP contribution in [0, 0.1) is 11.2 Å². The van der Waals surface area contributed by atoms with E-state index in [1.54, 1.807) is 0 Å². The molecular weight excluding hydrogens is 269 g/mol. The predicted molar refractivity (Wildman–Crippen MR) is 81.9 cm³/mol. The van der Waals surface area contributed by atoms with E-state index in [9.17, 15) is 9.18 Å². The van der Waals surface area contributed by atoms with Crippen molar-refractivity contribution < 1.29 is 9.18 Å². The second kappa shape index (κ2) is 6.87. The van der Waals surface area contributed by atoms with Crippen molar-refractivity contribution in [2.75, 3.05) is 18.4 Å². The number of anilines is 1. The smallest absolute Gasteiger partial charge is 0.255 e. The standard InChI is InChI=1S/C16H24FN3O/c1-3-16(7-5-6-8-16)11-20-15(21)13-9-12(17)10-19-14(13)18-4-2/h9-10H,3-8,11H2,1-2H3,(H,18,19)(H,20,21). The van der Waals surface area contributed by atoms with Gasteiger partial charge in [-0.05, 0) is 37.7 Å². The van der Waals surface area contributed by atoms with E-state index in [4.69, 9.17) is 0 Å². The molecule has 1 aromatic heterocycles. The molecule has 0 atom stereocenters. The zero-order valence-electron chi connectivity index (χ0n) is 12.8. The van der Waals surface area contributed by atoms with E-state index in [1.165, 1.54) is 18.9 Å². The van der Waals surface area contributed by atoms with Gasteiger partial charge in [-0.1, -0.05) is 19.8 Å². The van der Waals surface area contributed by atoms with Crippen LogP contribution in [0.3, 0.4) is 0 Å². The Hall–Kier alpha value is -1.65. The van der Waals surface area contributed by atoms with Crippen molar-refractivity contribution in [1.29, 1.82) is 0 Å². The molecule has 0 aliphatic heterocycles. The third-order valence-corrected chi connectivity index (χ3v) is 4.48. The molecule has 1 aliphatic rings. The number of rotatable bonds is 6. The van der Waals surface area contributed by atoms with Crippen LogP contribution in [-0.2, 0) is 0 Å². The first-order chi connectivity index (χ1) is 10.1. The van der Waals surface area contributed by atoms with Crippen LogP contribution in [0.25, 0.3) is 0 Å². The molecule has 4 nitrogen and oxygen atoms in total. The van der Waals surface area contributed by atoms with E-state index in [1.807, 2.05) is 6.92 Å². The van der Waals surface area contributed by atoms with E-state index in [0.29, 0.717) is 18.9 Å². The zero-order valence-corrected chi connectivity index (χ0v) is 12.8. The number of nitrogens with zero attached hydrogens (tertiary/aromatic N) is 1. The zero-order chi connectivity index (χ0) is 15.3. The molecule has 0 bridgehead atoms. The molecule has 0 spiro atoms. The van der Waals surface area contributed by atoms with Gasteiger partial charge in [0.15, 0.2) is 0 Å². The molecular formula is C16H24FN3O. The van der Waals surface area contributed by atoms with Crippen molar-refractivity contribution in [1.82, 2.24) is 10.3 Å². The Morgan fingerprint density at radius 1 is 1.38 bits per heavy atom. The van der Waals surface area contributed by atoms with Gasteiger partial charge in [-0.25, -0.2) is 9.37 Å². The molecule has 1 fully saturated rings. The highest BCUT2D eigenvalue weighted by molar-refractivity contribution is 5.98. The van der Waals surface area contributed by atoms with Gasteiger partial charge in [0.05, 0.1) is 11.8 Å². The van der Waals surface area contributed by atoms with Crippen molar-refractivity contribution in [2.24, 2.45) is 5.41 Å². The van der Waals surface area contributed by atoms with Crippen LogP contribution in [-0.4, -0.2) is 24.0 Å². The Labute approximate surface area is 125 Å². The number of amides is 1. The van der Waals surface area contributed by atoms with Gasteiger partial charge in [-0.2, -0.15) is 0 Å². The van der Waals surface area contributed by atoms with Crippen molar-refractivity contribution in [3.8, 4) is 0 Å². The summed E-state index contributed by atoms with van der Waals surface area (Å²) in [5.74, 6) is -0.307. The fourth-order valence-electron chi connectivity index (χ4n) is 3.06. The summed E-state index contributed by atoms with van der Waals surface area (Å²) in [4.78, 5) is 16.3. The number of aromatic nitrogens is 1. The van der Waals surface area contributed by atoms with E-state index in [2.05, 4.69) is 22.5 Å². The lowest BCUT2D eigenvalue weighted by Gasteiger charge is -2.27. The van der Waals surface area contributed by atoms with E-state index < -0.39 is 5.82 Å². The molecule has 1 amide bonds. The van der Waals surface area contributed by atoms with Gasteiger partial charge in [0.2, 0.25) is 0 Å². The molecule has 2 N–H and O–H groups in total. The number of hydrogen-bond donors (Lipinski definition) is 2. The van der Waals surface area contributed by atoms with Crippen molar-refractivity contribution >= 4 is 11.7 Å². The Morgan fingerprint density at radius 3 is 2.71 bits per heavy atom. The summed E-state index contributed by atoms with van der Waals surface area (Å²) < 4.78 is 13.4. The maximum Gasteiger partial charge on any atom is 0.255 e. The summed E-state index contributed by atoms with van der Waals surface area (Å²) in [7, 11) is 0. The molecule has 1 aromatic rings. The van der Waals surface area contributed by atoms with Crippen LogP contribution in [0.5, 0.6) is 0 Å². The number of halogens is 1. The molecule has 1 saturated carbocycles. The fraction of sp³-hybridized carbons (Fsp3) is 0.625. The molecule has 0 radical (unpaired) electrons. The van der Waals surface area contributed by atoms with Gasteiger partial charge in [-0.3, -0.25) is 4.79 Å². The van der Waals surface area contributed by atoms with E-state index in [-0.39, 0.29) is 16.9 Å². The first-order valence-corrected chi connectivity index (χ1v) is 7.78. The summed E-state index contributed by atoms with van der Waals surface area (Å²) in [5.41, 5.74) is 0.496. The topological polar surface area (TPSA) is 54.0 Å². The molecule has 21 heavy (non-hydrogen) atoms. The predicted octanol–water partition coefficient (Wildman–Crippen LogP) is 3.35. The Bertz CT molecular complexity index is 498.